The molecule has 0 saturated carbocycles. The molecule has 2 amide bonds. The second kappa shape index (κ2) is 8.31. The number of benzene rings is 1. The molecule has 27 heavy (non-hydrogen) atoms. The number of thioether (sulfide) groups is 1. The van der Waals surface area contributed by atoms with E-state index in [0.29, 0.717) is 33.5 Å². The van der Waals surface area contributed by atoms with Crippen LogP contribution in [0.5, 0.6) is 0 Å². The average Bonchev–Trinajstić information content (AvgIpc) is 3.04. The van der Waals surface area contributed by atoms with Crippen molar-refractivity contribution in [3.8, 4) is 0 Å². The summed E-state index contributed by atoms with van der Waals surface area (Å²) < 4.78 is 6.38. The highest BCUT2D eigenvalue weighted by molar-refractivity contribution is 7.99. The van der Waals surface area contributed by atoms with Crippen molar-refractivity contribution in [1.29, 1.82) is 0 Å². The predicted octanol–water partition coefficient (Wildman–Crippen LogP) is 3.17. The number of aromatic nitrogens is 2. The Morgan fingerprint density at radius 3 is 2.81 bits per heavy atom. The van der Waals surface area contributed by atoms with Crippen molar-refractivity contribution in [3.05, 3.63) is 33.6 Å². The van der Waals surface area contributed by atoms with Gasteiger partial charge in [-0.25, -0.2) is 14.7 Å². The van der Waals surface area contributed by atoms with E-state index in [1.807, 2.05) is 0 Å². The third-order valence-electron chi connectivity index (χ3n) is 4.20. The molecule has 3 rings (SSSR count). The first kappa shape index (κ1) is 19.7. The molecule has 0 unspecified atom stereocenters. The van der Waals surface area contributed by atoms with Gasteiger partial charge in [0.15, 0.2) is 5.16 Å². The summed E-state index contributed by atoms with van der Waals surface area (Å²) in [5.41, 5.74) is 0.330. The first-order valence-corrected chi connectivity index (χ1v) is 10.0. The van der Waals surface area contributed by atoms with Crippen LogP contribution >= 0.6 is 23.4 Å². The molecule has 1 aliphatic rings. The van der Waals surface area contributed by atoms with Crippen molar-refractivity contribution in [2.75, 3.05) is 18.9 Å². The first-order chi connectivity index (χ1) is 12.9. The number of amides is 2. The Morgan fingerprint density at radius 1 is 1.37 bits per heavy atom. The van der Waals surface area contributed by atoms with Crippen molar-refractivity contribution in [2.24, 2.45) is 5.92 Å². The van der Waals surface area contributed by atoms with Crippen LogP contribution in [0, 0.1) is 5.92 Å². The van der Waals surface area contributed by atoms with Crippen molar-refractivity contribution in [1.82, 2.24) is 14.5 Å². The second-order valence-corrected chi connectivity index (χ2v) is 8.02. The number of carbonyl (C=O) groups excluding carboxylic acids is 2. The van der Waals surface area contributed by atoms with E-state index in [2.05, 4.69) is 18.8 Å². The Hall–Kier alpha value is -2.06. The van der Waals surface area contributed by atoms with E-state index in [9.17, 15) is 14.4 Å². The summed E-state index contributed by atoms with van der Waals surface area (Å²) in [7, 11) is 0. The highest BCUT2D eigenvalue weighted by Crippen LogP contribution is 2.22. The quantitative estimate of drug-likeness (QED) is 0.538. The number of carbonyl (C=O) groups is 2. The lowest BCUT2D eigenvalue weighted by Gasteiger charge is -2.15. The molecule has 144 valence electrons. The number of hydrogen-bond acceptors (Lipinski definition) is 6. The van der Waals surface area contributed by atoms with Gasteiger partial charge >= 0.3 is 6.09 Å². The van der Waals surface area contributed by atoms with Crippen LogP contribution in [-0.4, -0.2) is 45.4 Å². The molecule has 0 N–H and O–H groups in total. The van der Waals surface area contributed by atoms with Gasteiger partial charge in [0.25, 0.3) is 5.56 Å². The zero-order valence-corrected chi connectivity index (χ0v) is 16.7. The van der Waals surface area contributed by atoms with E-state index in [1.165, 1.54) is 0 Å². The maximum absolute atomic E-state index is 12.9. The maximum atomic E-state index is 12.9. The second-order valence-electron chi connectivity index (χ2n) is 6.64. The van der Waals surface area contributed by atoms with Crippen LogP contribution in [0.2, 0.25) is 5.02 Å². The lowest BCUT2D eigenvalue weighted by molar-refractivity contribution is -0.125. The summed E-state index contributed by atoms with van der Waals surface area (Å²) in [6, 6.07) is 4.96. The average molecular weight is 410 g/mol. The number of rotatable bonds is 6. The van der Waals surface area contributed by atoms with E-state index >= 15 is 0 Å². The number of cyclic esters (lactones) is 1. The van der Waals surface area contributed by atoms with Gasteiger partial charge in [-0.3, -0.25) is 14.2 Å². The summed E-state index contributed by atoms with van der Waals surface area (Å²) in [5.74, 6) is 0.0463. The first-order valence-electron chi connectivity index (χ1n) is 8.67. The Balaban J connectivity index is 1.91. The van der Waals surface area contributed by atoms with Crippen LogP contribution in [0.3, 0.4) is 0 Å². The molecule has 1 aromatic heterocycles. The molecule has 0 atom stereocenters. The van der Waals surface area contributed by atoms with Gasteiger partial charge in [0, 0.05) is 11.6 Å². The minimum atomic E-state index is -0.629. The van der Waals surface area contributed by atoms with Gasteiger partial charge in [-0.1, -0.05) is 37.2 Å². The number of nitrogens with zero attached hydrogens (tertiary/aromatic N) is 3. The molecule has 9 heteroatoms. The van der Waals surface area contributed by atoms with Crippen LogP contribution in [0.1, 0.15) is 20.3 Å². The van der Waals surface area contributed by atoms with Gasteiger partial charge in [0.2, 0.25) is 5.91 Å². The number of hydrogen-bond donors (Lipinski definition) is 0. The number of halogens is 1. The molecule has 7 nitrogen and oxygen atoms in total. The summed E-state index contributed by atoms with van der Waals surface area (Å²) >= 11 is 7.17. The third-order valence-corrected chi connectivity index (χ3v) is 5.40. The summed E-state index contributed by atoms with van der Waals surface area (Å²) in [5, 5.41) is 1.42. The topological polar surface area (TPSA) is 81.5 Å². The summed E-state index contributed by atoms with van der Waals surface area (Å²) in [6.07, 6.45) is 0.178. The van der Waals surface area contributed by atoms with E-state index in [0.717, 1.165) is 23.1 Å². The smallest absolute Gasteiger partial charge is 0.416 e. The fraction of sp³-hybridized carbons (Fsp3) is 0.444. The van der Waals surface area contributed by atoms with E-state index in [1.54, 1.807) is 22.8 Å². The van der Waals surface area contributed by atoms with Gasteiger partial charge in [-0.15, -0.1) is 0 Å². The fourth-order valence-electron chi connectivity index (χ4n) is 2.69. The molecule has 0 bridgehead atoms. The van der Waals surface area contributed by atoms with Crippen molar-refractivity contribution in [3.63, 3.8) is 0 Å². The highest BCUT2D eigenvalue weighted by Gasteiger charge is 2.28. The normalized spacial score (nSPS) is 14.2. The molecule has 0 radical (unpaired) electrons. The molecule has 1 aliphatic heterocycles. The molecule has 1 fully saturated rings. The van der Waals surface area contributed by atoms with E-state index in [-0.39, 0.29) is 30.4 Å². The van der Waals surface area contributed by atoms with Crippen LogP contribution in [0.15, 0.2) is 28.2 Å². The number of fused-ring (bicyclic) bond motifs is 1. The van der Waals surface area contributed by atoms with Crippen LogP contribution in [0.4, 0.5) is 4.79 Å². The van der Waals surface area contributed by atoms with Gasteiger partial charge < -0.3 is 4.74 Å². The molecule has 2 heterocycles. The Morgan fingerprint density at radius 2 is 2.15 bits per heavy atom. The monoisotopic (exact) mass is 409 g/mol. The van der Waals surface area contributed by atoms with Crippen molar-refractivity contribution < 1.29 is 14.3 Å². The summed E-state index contributed by atoms with van der Waals surface area (Å²) in [6.45, 7) is 5.12. The highest BCUT2D eigenvalue weighted by atomic mass is 35.5. The van der Waals surface area contributed by atoms with Gasteiger partial charge in [-0.2, -0.15) is 0 Å². The summed E-state index contributed by atoms with van der Waals surface area (Å²) in [4.78, 5) is 42.3. The minimum Gasteiger partial charge on any atom is -0.447 e. The molecule has 1 aromatic carbocycles. The molecular weight excluding hydrogens is 390 g/mol. The lowest BCUT2D eigenvalue weighted by atomic mass is 10.1. The maximum Gasteiger partial charge on any atom is 0.416 e. The molecular formula is C18H20ClN3O4S. The zero-order chi connectivity index (χ0) is 19.6. The number of imide groups is 1. The molecule has 0 spiro atoms. The zero-order valence-electron chi connectivity index (χ0n) is 15.1. The van der Waals surface area contributed by atoms with Crippen molar-refractivity contribution in [2.45, 2.75) is 32.0 Å². The number of ether oxygens (including phenoxy) is 1. The minimum absolute atomic E-state index is 0.00467. The van der Waals surface area contributed by atoms with E-state index in [4.69, 9.17) is 16.3 Å². The van der Waals surface area contributed by atoms with Gasteiger partial charge in [0.05, 0.1) is 23.2 Å². The lowest BCUT2D eigenvalue weighted by Crippen LogP contribution is -2.33. The molecule has 2 aromatic rings. The van der Waals surface area contributed by atoms with Gasteiger partial charge in [-0.05, 0) is 30.5 Å². The standard InChI is InChI=1S/C18H20ClN3O4S/c1-11(2)5-6-22-16(24)13-4-3-12(19)9-14(13)20-17(22)27-10-15(23)21-7-8-26-18(21)25/h3-4,9,11H,5-8,10H2,1-2H3. The molecule has 0 aliphatic carbocycles. The Labute approximate surface area is 165 Å². The Bertz CT molecular complexity index is 944. The van der Waals surface area contributed by atoms with E-state index < -0.39 is 6.09 Å². The Kier molecular flexibility index (Phi) is 6.06. The third kappa shape index (κ3) is 4.44. The SMILES string of the molecule is CC(C)CCn1c(SCC(=O)N2CCOC2=O)nc2cc(Cl)ccc2c1=O. The van der Waals surface area contributed by atoms with Gasteiger partial charge in [0.1, 0.15) is 6.61 Å². The van der Waals surface area contributed by atoms with Crippen LogP contribution in [0.25, 0.3) is 10.9 Å². The van der Waals surface area contributed by atoms with Crippen LogP contribution in [-0.2, 0) is 16.1 Å². The van der Waals surface area contributed by atoms with Crippen molar-refractivity contribution >= 4 is 46.3 Å². The largest absolute Gasteiger partial charge is 0.447 e. The fourth-order valence-corrected chi connectivity index (χ4v) is 3.76. The predicted molar refractivity (Wildman–Crippen MR) is 104 cm³/mol. The molecule has 1 saturated heterocycles. The van der Waals surface area contributed by atoms with Crippen LogP contribution < -0.4 is 5.56 Å².